The number of ether oxygens (including phenoxy) is 3. The molecule has 0 amide bonds. The third kappa shape index (κ3) is 6.15. The number of hydrogen-bond donors (Lipinski definition) is 0. The first-order valence-electron chi connectivity index (χ1n) is 5.46. The molecule has 0 atom stereocenters. The summed E-state index contributed by atoms with van der Waals surface area (Å²) in [5, 5.41) is 0.579. The van der Waals surface area contributed by atoms with Crippen LogP contribution in [0.1, 0.15) is 5.56 Å². The van der Waals surface area contributed by atoms with E-state index in [-0.39, 0.29) is 13.2 Å². The SMILES string of the molecule is COc1ccc(CBr)c(OCCOCC(F)(F)F)c1. The van der Waals surface area contributed by atoms with E-state index < -0.39 is 12.8 Å². The molecule has 0 saturated carbocycles. The zero-order chi connectivity index (χ0) is 14.3. The minimum absolute atomic E-state index is 0.0449. The third-order valence-electron chi connectivity index (χ3n) is 2.17. The molecule has 0 radical (unpaired) electrons. The van der Waals surface area contributed by atoms with Gasteiger partial charge in [-0.3, -0.25) is 0 Å². The van der Waals surface area contributed by atoms with E-state index in [1.165, 1.54) is 7.11 Å². The molecule has 0 fully saturated rings. The Balaban J connectivity index is 2.43. The number of halogens is 4. The number of methoxy groups -OCH3 is 1. The van der Waals surface area contributed by atoms with Gasteiger partial charge in [0, 0.05) is 17.0 Å². The topological polar surface area (TPSA) is 27.7 Å². The van der Waals surface area contributed by atoms with Gasteiger partial charge < -0.3 is 14.2 Å². The van der Waals surface area contributed by atoms with Crippen molar-refractivity contribution in [3.63, 3.8) is 0 Å². The maximum atomic E-state index is 11.8. The summed E-state index contributed by atoms with van der Waals surface area (Å²) in [6.45, 7) is -1.35. The summed E-state index contributed by atoms with van der Waals surface area (Å²) in [4.78, 5) is 0. The lowest BCUT2D eigenvalue weighted by molar-refractivity contribution is -0.175. The Hall–Kier alpha value is -0.950. The van der Waals surface area contributed by atoms with Crippen molar-refractivity contribution in [2.75, 3.05) is 26.9 Å². The van der Waals surface area contributed by atoms with Crippen LogP contribution in [0.2, 0.25) is 0 Å². The molecule has 0 saturated heterocycles. The zero-order valence-electron chi connectivity index (χ0n) is 10.3. The van der Waals surface area contributed by atoms with Gasteiger partial charge in [-0.15, -0.1) is 0 Å². The standard InChI is InChI=1S/C12H14BrF3O3/c1-17-10-3-2-9(7-13)11(6-10)19-5-4-18-8-12(14,15)16/h2-3,6H,4-5,7-8H2,1H3. The molecule has 0 aromatic heterocycles. The Kier molecular flexibility index (Phi) is 6.44. The largest absolute Gasteiger partial charge is 0.497 e. The number of hydrogen-bond acceptors (Lipinski definition) is 3. The summed E-state index contributed by atoms with van der Waals surface area (Å²) in [5.74, 6) is 1.18. The Morgan fingerprint density at radius 1 is 1.21 bits per heavy atom. The van der Waals surface area contributed by atoms with Crippen LogP contribution in [-0.2, 0) is 10.1 Å². The van der Waals surface area contributed by atoms with Crippen molar-refractivity contribution < 1.29 is 27.4 Å². The Bertz CT molecular complexity index is 396. The van der Waals surface area contributed by atoms with E-state index in [1.54, 1.807) is 12.1 Å². The van der Waals surface area contributed by atoms with Crippen molar-refractivity contribution in [3.05, 3.63) is 23.8 Å². The molecule has 0 aliphatic carbocycles. The van der Waals surface area contributed by atoms with Crippen LogP contribution in [-0.4, -0.2) is 33.1 Å². The first-order chi connectivity index (χ1) is 8.96. The fourth-order valence-corrected chi connectivity index (χ4v) is 1.77. The molecule has 0 aliphatic heterocycles. The fourth-order valence-electron chi connectivity index (χ4n) is 1.31. The molecule has 1 aromatic carbocycles. The van der Waals surface area contributed by atoms with Crippen molar-refractivity contribution in [3.8, 4) is 11.5 Å². The molecule has 0 spiro atoms. The first-order valence-corrected chi connectivity index (χ1v) is 6.58. The van der Waals surface area contributed by atoms with Gasteiger partial charge in [0.05, 0.1) is 13.7 Å². The highest BCUT2D eigenvalue weighted by atomic mass is 79.9. The smallest absolute Gasteiger partial charge is 0.411 e. The van der Waals surface area contributed by atoms with E-state index in [4.69, 9.17) is 9.47 Å². The van der Waals surface area contributed by atoms with E-state index in [0.717, 1.165) is 5.56 Å². The van der Waals surface area contributed by atoms with Crippen LogP contribution in [0.15, 0.2) is 18.2 Å². The van der Waals surface area contributed by atoms with Gasteiger partial charge in [-0.25, -0.2) is 0 Å². The molecule has 0 heterocycles. The number of benzene rings is 1. The van der Waals surface area contributed by atoms with Crippen molar-refractivity contribution in [2.45, 2.75) is 11.5 Å². The monoisotopic (exact) mass is 342 g/mol. The predicted octanol–water partition coefficient (Wildman–Crippen LogP) is 3.55. The van der Waals surface area contributed by atoms with Crippen LogP contribution in [0.3, 0.4) is 0 Å². The highest BCUT2D eigenvalue weighted by Gasteiger charge is 2.27. The first kappa shape index (κ1) is 16.1. The van der Waals surface area contributed by atoms with Gasteiger partial charge in [-0.1, -0.05) is 22.0 Å². The molecular weight excluding hydrogens is 329 g/mol. The zero-order valence-corrected chi connectivity index (χ0v) is 11.9. The lowest BCUT2D eigenvalue weighted by atomic mass is 10.2. The van der Waals surface area contributed by atoms with Gasteiger partial charge >= 0.3 is 6.18 Å². The number of alkyl halides is 4. The summed E-state index contributed by atoms with van der Waals surface area (Å²) < 4.78 is 50.4. The van der Waals surface area contributed by atoms with Gasteiger partial charge in [0.15, 0.2) is 0 Å². The van der Waals surface area contributed by atoms with E-state index in [1.807, 2.05) is 6.07 Å². The normalized spacial score (nSPS) is 11.4. The molecule has 7 heteroatoms. The lowest BCUT2D eigenvalue weighted by Gasteiger charge is -2.12. The van der Waals surface area contributed by atoms with Crippen molar-refractivity contribution in [1.82, 2.24) is 0 Å². The molecular formula is C12H14BrF3O3. The minimum atomic E-state index is -4.31. The van der Waals surface area contributed by atoms with E-state index >= 15 is 0 Å². The van der Waals surface area contributed by atoms with Crippen molar-refractivity contribution in [2.24, 2.45) is 0 Å². The third-order valence-corrected chi connectivity index (χ3v) is 2.77. The van der Waals surface area contributed by atoms with Crippen LogP contribution in [0, 0.1) is 0 Å². The molecule has 108 valence electrons. The second kappa shape index (κ2) is 7.59. The molecule has 0 bridgehead atoms. The van der Waals surface area contributed by atoms with Crippen LogP contribution in [0.25, 0.3) is 0 Å². The maximum absolute atomic E-state index is 11.8. The Morgan fingerprint density at radius 3 is 2.53 bits per heavy atom. The second-order valence-electron chi connectivity index (χ2n) is 3.62. The van der Waals surface area contributed by atoms with Gasteiger partial charge in [0.25, 0.3) is 0 Å². The average Bonchev–Trinajstić information content (AvgIpc) is 2.36. The molecule has 19 heavy (non-hydrogen) atoms. The van der Waals surface area contributed by atoms with Gasteiger partial charge in [-0.05, 0) is 6.07 Å². The van der Waals surface area contributed by atoms with Crippen LogP contribution in [0.4, 0.5) is 13.2 Å². The highest BCUT2D eigenvalue weighted by Crippen LogP contribution is 2.26. The second-order valence-corrected chi connectivity index (χ2v) is 4.18. The fraction of sp³-hybridized carbons (Fsp3) is 0.500. The van der Waals surface area contributed by atoms with Crippen LogP contribution >= 0.6 is 15.9 Å². The summed E-state index contributed by atoms with van der Waals surface area (Å²) in [6, 6.07) is 5.28. The van der Waals surface area contributed by atoms with Gasteiger partial charge in [-0.2, -0.15) is 13.2 Å². The summed E-state index contributed by atoms with van der Waals surface area (Å²) in [5.41, 5.74) is 0.886. The summed E-state index contributed by atoms with van der Waals surface area (Å²) in [6.07, 6.45) is -4.31. The average molecular weight is 343 g/mol. The van der Waals surface area contributed by atoms with E-state index in [0.29, 0.717) is 16.8 Å². The summed E-state index contributed by atoms with van der Waals surface area (Å²) in [7, 11) is 1.53. The van der Waals surface area contributed by atoms with Crippen molar-refractivity contribution in [1.29, 1.82) is 0 Å². The Morgan fingerprint density at radius 2 is 1.95 bits per heavy atom. The quantitative estimate of drug-likeness (QED) is 0.560. The molecule has 0 aliphatic rings. The van der Waals surface area contributed by atoms with E-state index in [2.05, 4.69) is 20.7 Å². The molecule has 3 nitrogen and oxygen atoms in total. The maximum Gasteiger partial charge on any atom is 0.411 e. The van der Waals surface area contributed by atoms with Gasteiger partial charge in [0.2, 0.25) is 0 Å². The lowest BCUT2D eigenvalue weighted by Crippen LogP contribution is -2.19. The van der Waals surface area contributed by atoms with Crippen molar-refractivity contribution >= 4 is 15.9 Å². The van der Waals surface area contributed by atoms with Crippen LogP contribution in [0.5, 0.6) is 11.5 Å². The highest BCUT2D eigenvalue weighted by molar-refractivity contribution is 9.08. The molecule has 0 unspecified atom stereocenters. The molecule has 1 aromatic rings. The predicted molar refractivity (Wildman–Crippen MR) is 68.0 cm³/mol. The summed E-state index contributed by atoms with van der Waals surface area (Å²) >= 11 is 3.30. The number of rotatable bonds is 7. The minimum Gasteiger partial charge on any atom is -0.497 e. The van der Waals surface area contributed by atoms with Crippen LogP contribution < -0.4 is 9.47 Å². The Labute approximate surface area is 117 Å². The van der Waals surface area contributed by atoms with E-state index in [9.17, 15) is 13.2 Å². The molecule has 0 N–H and O–H groups in total. The van der Waals surface area contributed by atoms with Gasteiger partial charge in [0.1, 0.15) is 24.7 Å². The molecule has 1 rings (SSSR count).